The van der Waals surface area contributed by atoms with Gasteiger partial charge in [0.15, 0.2) is 0 Å². The molecule has 1 N–H and O–H groups in total. The normalized spacial score (nSPS) is 27.5. The van der Waals surface area contributed by atoms with E-state index in [1.165, 1.54) is 24.3 Å². The van der Waals surface area contributed by atoms with Crippen LogP contribution in [0, 0.1) is 0 Å². The fourth-order valence-corrected chi connectivity index (χ4v) is 3.85. The summed E-state index contributed by atoms with van der Waals surface area (Å²) >= 11 is 2.02. The van der Waals surface area contributed by atoms with Gasteiger partial charge in [-0.2, -0.15) is 11.8 Å². The summed E-state index contributed by atoms with van der Waals surface area (Å²) in [6, 6.07) is 0.619. The SMILES string of the molecule is CCCNC1CCCN(C2CCSCC2)C1=O. The van der Waals surface area contributed by atoms with Gasteiger partial charge in [0, 0.05) is 12.6 Å². The van der Waals surface area contributed by atoms with E-state index in [9.17, 15) is 4.79 Å². The highest BCUT2D eigenvalue weighted by Gasteiger charge is 2.33. The maximum atomic E-state index is 12.4. The number of amides is 1. The van der Waals surface area contributed by atoms with Gasteiger partial charge in [0.25, 0.3) is 0 Å². The molecule has 1 atom stereocenters. The topological polar surface area (TPSA) is 32.3 Å². The highest BCUT2D eigenvalue weighted by molar-refractivity contribution is 7.99. The predicted octanol–water partition coefficient (Wildman–Crippen LogP) is 1.87. The van der Waals surface area contributed by atoms with E-state index in [4.69, 9.17) is 0 Å². The number of rotatable bonds is 4. The molecule has 2 aliphatic rings. The van der Waals surface area contributed by atoms with Gasteiger partial charge >= 0.3 is 0 Å². The molecule has 0 aromatic rings. The molecule has 2 aliphatic heterocycles. The minimum absolute atomic E-state index is 0.0956. The lowest BCUT2D eigenvalue weighted by molar-refractivity contribution is -0.138. The number of hydrogen-bond donors (Lipinski definition) is 1. The first-order valence-corrected chi connectivity index (χ1v) is 8.10. The molecule has 0 bridgehead atoms. The zero-order chi connectivity index (χ0) is 12.1. The third kappa shape index (κ3) is 3.38. The Morgan fingerprint density at radius 3 is 2.82 bits per heavy atom. The van der Waals surface area contributed by atoms with Crippen molar-refractivity contribution in [2.45, 2.75) is 51.1 Å². The Morgan fingerprint density at radius 1 is 1.35 bits per heavy atom. The lowest BCUT2D eigenvalue weighted by Crippen LogP contribution is -2.54. The molecule has 3 nitrogen and oxygen atoms in total. The Kier molecular flexibility index (Phi) is 5.16. The first-order chi connectivity index (χ1) is 8.33. The van der Waals surface area contributed by atoms with E-state index in [0.717, 1.165) is 32.4 Å². The molecule has 0 aromatic carbocycles. The zero-order valence-corrected chi connectivity index (χ0v) is 11.6. The van der Waals surface area contributed by atoms with Gasteiger partial charge in [-0.25, -0.2) is 0 Å². The van der Waals surface area contributed by atoms with Gasteiger partial charge in [-0.05, 0) is 50.2 Å². The van der Waals surface area contributed by atoms with Crippen LogP contribution in [0.5, 0.6) is 0 Å². The van der Waals surface area contributed by atoms with Crippen LogP contribution in [0.3, 0.4) is 0 Å². The van der Waals surface area contributed by atoms with Gasteiger partial charge in [0.05, 0.1) is 6.04 Å². The summed E-state index contributed by atoms with van der Waals surface area (Å²) in [6.45, 7) is 4.10. The minimum Gasteiger partial charge on any atom is -0.338 e. The highest BCUT2D eigenvalue weighted by Crippen LogP contribution is 2.25. The molecule has 1 amide bonds. The predicted molar refractivity (Wildman–Crippen MR) is 73.4 cm³/mol. The molecule has 0 spiro atoms. The second-order valence-corrected chi connectivity index (χ2v) is 6.25. The van der Waals surface area contributed by atoms with E-state index in [1.54, 1.807) is 0 Å². The third-order valence-corrected chi connectivity index (χ3v) is 4.79. The molecule has 0 saturated carbocycles. The van der Waals surface area contributed by atoms with E-state index < -0.39 is 0 Å². The highest BCUT2D eigenvalue weighted by atomic mass is 32.2. The van der Waals surface area contributed by atoms with Crippen molar-refractivity contribution in [2.24, 2.45) is 0 Å². The second-order valence-electron chi connectivity index (χ2n) is 5.02. The molecule has 2 saturated heterocycles. The molecular formula is C13H24N2OS. The number of hydrogen-bond acceptors (Lipinski definition) is 3. The van der Waals surface area contributed by atoms with E-state index in [0.29, 0.717) is 11.9 Å². The van der Waals surface area contributed by atoms with Crippen molar-refractivity contribution in [2.75, 3.05) is 24.6 Å². The molecule has 0 aliphatic carbocycles. The number of likely N-dealkylation sites (tertiary alicyclic amines) is 1. The van der Waals surface area contributed by atoms with Crippen LogP contribution < -0.4 is 5.32 Å². The van der Waals surface area contributed by atoms with Crippen molar-refractivity contribution in [1.82, 2.24) is 10.2 Å². The van der Waals surface area contributed by atoms with E-state index in [-0.39, 0.29) is 6.04 Å². The molecular weight excluding hydrogens is 232 g/mol. The lowest BCUT2D eigenvalue weighted by atomic mass is 10.00. The summed E-state index contributed by atoms with van der Waals surface area (Å²) in [5.41, 5.74) is 0. The summed E-state index contributed by atoms with van der Waals surface area (Å²) in [5.74, 6) is 2.81. The maximum Gasteiger partial charge on any atom is 0.239 e. The quantitative estimate of drug-likeness (QED) is 0.833. The second kappa shape index (κ2) is 6.64. The molecule has 2 heterocycles. The van der Waals surface area contributed by atoms with Crippen LogP contribution in [-0.2, 0) is 4.79 Å². The van der Waals surface area contributed by atoms with Crippen LogP contribution in [0.25, 0.3) is 0 Å². The summed E-state index contributed by atoms with van der Waals surface area (Å²) in [6.07, 6.45) is 5.67. The van der Waals surface area contributed by atoms with Crippen molar-refractivity contribution in [3.63, 3.8) is 0 Å². The number of carbonyl (C=O) groups excluding carboxylic acids is 1. The molecule has 2 rings (SSSR count). The number of carbonyl (C=O) groups is 1. The zero-order valence-electron chi connectivity index (χ0n) is 10.8. The van der Waals surface area contributed by atoms with E-state index in [1.807, 2.05) is 11.8 Å². The first-order valence-electron chi connectivity index (χ1n) is 6.94. The third-order valence-electron chi connectivity index (χ3n) is 3.75. The minimum atomic E-state index is 0.0956. The summed E-state index contributed by atoms with van der Waals surface area (Å²) in [7, 11) is 0. The largest absolute Gasteiger partial charge is 0.338 e. The smallest absolute Gasteiger partial charge is 0.239 e. The van der Waals surface area contributed by atoms with Crippen molar-refractivity contribution >= 4 is 17.7 Å². The lowest BCUT2D eigenvalue weighted by Gasteiger charge is -2.39. The Hall–Kier alpha value is -0.220. The molecule has 4 heteroatoms. The van der Waals surface area contributed by atoms with Crippen LogP contribution in [-0.4, -0.2) is 47.5 Å². The summed E-state index contributed by atoms with van der Waals surface area (Å²) in [5, 5.41) is 3.39. The fourth-order valence-electron chi connectivity index (χ4n) is 2.77. The number of thioether (sulfide) groups is 1. The van der Waals surface area contributed by atoms with Crippen LogP contribution in [0.2, 0.25) is 0 Å². The molecule has 2 fully saturated rings. The molecule has 1 unspecified atom stereocenters. The summed E-state index contributed by atoms with van der Waals surface area (Å²) in [4.78, 5) is 14.6. The number of piperidine rings is 1. The number of nitrogens with one attached hydrogen (secondary N) is 1. The molecule has 0 aromatic heterocycles. The van der Waals surface area contributed by atoms with Gasteiger partial charge in [-0.1, -0.05) is 6.92 Å². The molecule has 98 valence electrons. The van der Waals surface area contributed by atoms with Crippen LogP contribution in [0.1, 0.15) is 39.0 Å². The Balaban J connectivity index is 1.90. The van der Waals surface area contributed by atoms with Crippen molar-refractivity contribution in [1.29, 1.82) is 0 Å². The van der Waals surface area contributed by atoms with Crippen molar-refractivity contribution in [3.05, 3.63) is 0 Å². The maximum absolute atomic E-state index is 12.4. The van der Waals surface area contributed by atoms with Gasteiger partial charge in [-0.3, -0.25) is 4.79 Å². The Labute approximate surface area is 109 Å². The van der Waals surface area contributed by atoms with Crippen molar-refractivity contribution < 1.29 is 4.79 Å². The Bertz CT molecular complexity index is 254. The van der Waals surface area contributed by atoms with Crippen LogP contribution >= 0.6 is 11.8 Å². The van der Waals surface area contributed by atoms with Gasteiger partial charge in [0.1, 0.15) is 0 Å². The van der Waals surface area contributed by atoms with Crippen molar-refractivity contribution in [3.8, 4) is 0 Å². The standard InChI is InChI=1S/C13H24N2OS/c1-2-7-14-12-4-3-8-15(13(12)16)11-5-9-17-10-6-11/h11-12,14H,2-10H2,1H3. The van der Waals surface area contributed by atoms with E-state index >= 15 is 0 Å². The first kappa shape index (κ1) is 13.2. The van der Waals surface area contributed by atoms with E-state index in [2.05, 4.69) is 17.1 Å². The monoisotopic (exact) mass is 256 g/mol. The van der Waals surface area contributed by atoms with Gasteiger partial charge in [-0.15, -0.1) is 0 Å². The Morgan fingerprint density at radius 2 is 2.12 bits per heavy atom. The van der Waals surface area contributed by atoms with Gasteiger partial charge in [0.2, 0.25) is 5.91 Å². The average Bonchev–Trinajstić information content (AvgIpc) is 2.39. The average molecular weight is 256 g/mol. The molecule has 17 heavy (non-hydrogen) atoms. The summed E-state index contributed by atoms with van der Waals surface area (Å²) < 4.78 is 0. The number of nitrogens with zero attached hydrogens (tertiary/aromatic N) is 1. The molecule has 0 radical (unpaired) electrons. The van der Waals surface area contributed by atoms with Gasteiger partial charge < -0.3 is 10.2 Å². The van der Waals surface area contributed by atoms with Crippen LogP contribution in [0.4, 0.5) is 0 Å². The van der Waals surface area contributed by atoms with Crippen LogP contribution in [0.15, 0.2) is 0 Å². The fraction of sp³-hybridized carbons (Fsp3) is 0.923.